The Morgan fingerprint density at radius 3 is 2.67 bits per heavy atom. The first-order valence-electron chi connectivity index (χ1n) is 5.42. The van der Waals surface area contributed by atoms with Gasteiger partial charge in [-0.25, -0.2) is 8.42 Å². The van der Waals surface area contributed by atoms with E-state index in [1.165, 1.54) is 13.0 Å². The van der Waals surface area contributed by atoms with Crippen molar-refractivity contribution in [1.29, 1.82) is 0 Å². The second-order valence-electron chi connectivity index (χ2n) is 3.69. The second kappa shape index (κ2) is 6.65. The SMILES string of the molecule is CCCNC(=O)[C@@H](C)NS(=O)(=O)c1ccc(Br)s1. The Labute approximate surface area is 119 Å². The van der Waals surface area contributed by atoms with Gasteiger partial charge in [0.05, 0.1) is 9.83 Å². The van der Waals surface area contributed by atoms with Crippen molar-refractivity contribution in [2.75, 3.05) is 6.54 Å². The van der Waals surface area contributed by atoms with E-state index in [0.717, 1.165) is 21.5 Å². The van der Waals surface area contributed by atoms with Gasteiger partial charge in [-0.1, -0.05) is 6.92 Å². The Morgan fingerprint density at radius 2 is 2.17 bits per heavy atom. The Hall–Kier alpha value is -0.440. The molecule has 0 saturated carbocycles. The second-order valence-corrected chi connectivity index (χ2v) is 8.10. The zero-order valence-corrected chi connectivity index (χ0v) is 13.3. The number of halogens is 1. The third kappa shape index (κ3) is 4.34. The highest BCUT2D eigenvalue weighted by Gasteiger charge is 2.22. The quantitative estimate of drug-likeness (QED) is 0.816. The van der Waals surface area contributed by atoms with Gasteiger partial charge in [0.2, 0.25) is 5.91 Å². The van der Waals surface area contributed by atoms with Gasteiger partial charge in [0.15, 0.2) is 0 Å². The maximum atomic E-state index is 11.9. The summed E-state index contributed by atoms with van der Waals surface area (Å²) in [5.74, 6) is -0.323. The van der Waals surface area contributed by atoms with Crippen LogP contribution in [0.4, 0.5) is 0 Å². The van der Waals surface area contributed by atoms with Crippen molar-refractivity contribution in [3.63, 3.8) is 0 Å². The van der Waals surface area contributed by atoms with Crippen LogP contribution in [-0.4, -0.2) is 26.9 Å². The van der Waals surface area contributed by atoms with Crippen molar-refractivity contribution >= 4 is 43.2 Å². The number of hydrogen-bond acceptors (Lipinski definition) is 4. The molecule has 0 unspecified atom stereocenters. The first kappa shape index (κ1) is 15.6. The summed E-state index contributed by atoms with van der Waals surface area (Å²) in [6.45, 7) is 3.99. The normalized spacial score (nSPS) is 13.3. The summed E-state index contributed by atoms with van der Waals surface area (Å²) in [6, 6.07) is 2.36. The lowest BCUT2D eigenvalue weighted by Gasteiger charge is -2.13. The van der Waals surface area contributed by atoms with E-state index >= 15 is 0 Å². The molecule has 0 aliphatic rings. The molecular formula is C10H15BrN2O3S2. The van der Waals surface area contributed by atoms with Gasteiger partial charge in [-0.15, -0.1) is 11.3 Å². The molecule has 102 valence electrons. The van der Waals surface area contributed by atoms with Crippen LogP contribution in [0, 0.1) is 0 Å². The summed E-state index contributed by atoms with van der Waals surface area (Å²) in [4.78, 5) is 11.6. The van der Waals surface area contributed by atoms with Crippen LogP contribution in [0.1, 0.15) is 20.3 Å². The number of thiophene rings is 1. The summed E-state index contributed by atoms with van der Waals surface area (Å²) in [5.41, 5.74) is 0. The number of amides is 1. The summed E-state index contributed by atoms with van der Waals surface area (Å²) in [7, 11) is -3.63. The zero-order valence-electron chi connectivity index (χ0n) is 10.1. The Kier molecular flexibility index (Phi) is 5.77. The molecule has 1 aromatic rings. The number of nitrogens with one attached hydrogen (secondary N) is 2. The number of carbonyl (C=O) groups is 1. The van der Waals surface area contributed by atoms with Crippen molar-refractivity contribution in [2.24, 2.45) is 0 Å². The van der Waals surface area contributed by atoms with Crippen molar-refractivity contribution < 1.29 is 13.2 Å². The predicted molar refractivity (Wildman–Crippen MR) is 75.1 cm³/mol. The van der Waals surface area contributed by atoms with Gasteiger partial charge in [0.1, 0.15) is 4.21 Å². The number of hydrogen-bond donors (Lipinski definition) is 2. The molecular weight excluding hydrogens is 340 g/mol. The highest BCUT2D eigenvalue weighted by molar-refractivity contribution is 9.11. The molecule has 0 aromatic carbocycles. The van der Waals surface area contributed by atoms with E-state index in [9.17, 15) is 13.2 Å². The molecule has 2 N–H and O–H groups in total. The van der Waals surface area contributed by atoms with Gasteiger partial charge in [-0.2, -0.15) is 4.72 Å². The van der Waals surface area contributed by atoms with Crippen molar-refractivity contribution in [1.82, 2.24) is 10.0 Å². The lowest BCUT2D eigenvalue weighted by atomic mass is 10.3. The Morgan fingerprint density at radius 1 is 1.50 bits per heavy atom. The third-order valence-corrected chi connectivity index (χ3v) is 5.74. The molecule has 0 fully saturated rings. The smallest absolute Gasteiger partial charge is 0.250 e. The van der Waals surface area contributed by atoms with E-state index < -0.39 is 16.1 Å². The van der Waals surface area contributed by atoms with Crippen LogP contribution < -0.4 is 10.0 Å². The van der Waals surface area contributed by atoms with Gasteiger partial charge in [0.25, 0.3) is 10.0 Å². The molecule has 18 heavy (non-hydrogen) atoms. The Bertz CT molecular complexity index is 513. The zero-order chi connectivity index (χ0) is 13.8. The highest BCUT2D eigenvalue weighted by Crippen LogP contribution is 2.25. The van der Waals surface area contributed by atoms with E-state index in [4.69, 9.17) is 0 Å². The van der Waals surface area contributed by atoms with E-state index in [1.54, 1.807) is 6.07 Å². The van der Waals surface area contributed by atoms with E-state index in [-0.39, 0.29) is 10.1 Å². The van der Waals surface area contributed by atoms with E-state index in [1.807, 2.05) is 6.92 Å². The molecule has 1 aromatic heterocycles. The minimum atomic E-state index is -3.63. The maximum absolute atomic E-state index is 11.9. The monoisotopic (exact) mass is 354 g/mol. The molecule has 8 heteroatoms. The summed E-state index contributed by atoms with van der Waals surface area (Å²) < 4.78 is 27.1. The largest absolute Gasteiger partial charge is 0.355 e. The van der Waals surface area contributed by atoms with Crippen LogP contribution in [0.2, 0.25) is 0 Å². The third-order valence-electron chi connectivity index (χ3n) is 2.09. The van der Waals surface area contributed by atoms with Crippen LogP contribution >= 0.6 is 27.3 Å². The first-order chi connectivity index (χ1) is 8.36. The molecule has 1 atom stereocenters. The van der Waals surface area contributed by atoms with Gasteiger partial charge in [-0.3, -0.25) is 4.79 Å². The fraction of sp³-hybridized carbons (Fsp3) is 0.500. The molecule has 1 heterocycles. The molecule has 1 amide bonds. The Balaban J connectivity index is 2.69. The molecule has 0 aliphatic heterocycles. The molecule has 5 nitrogen and oxygen atoms in total. The first-order valence-corrected chi connectivity index (χ1v) is 8.51. The fourth-order valence-electron chi connectivity index (χ4n) is 1.19. The van der Waals surface area contributed by atoms with Crippen LogP contribution in [0.3, 0.4) is 0 Å². The molecule has 0 spiro atoms. The van der Waals surface area contributed by atoms with Gasteiger partial charge < -0.3 is 5.32 Å². The number of carbonyl (C=O) groups excluding carboxylic acids is 1. The molecule has 0 saturated heterocycles. The topological polar surface area (TPSA) is 75.3 Å². The van der Waals surface area contributed by atoms with Crippen LogP contribution in [0.15, 0.2) is 20.1 Å². The van der Waals surface area contributed by atoms with Crippen molar-refractivity contribution in [3.8, 4) is 0 Å². The van der Waals surface area contributed by atoms with Crippen LogP contribution in [-0.2, 0) is 14.8 Å². The summed E-state index contributed by atoms with van der Waals surface area (Å²) in [6.07, 6.45) is 0.809. The standard InChI is InChI=1S/C10H15BrN2O3S2/c1-3-6-12-10(14)7(2)13-18(15,16)9-5-4-8(11)17-9/h4-5,7,13H,3,6H2,1-2H3,(H,12,14)/t7-/m1/s1. The van der Waals surface area contributed by atoms with E-state index in [0.29, 0.717) is 6.54 Å². The predicted octanol–water partition coefficient (Wildman–Crippen LogP) is 1.70. The lowest BCUT2D eigenvalue weighted by Crippen LogP contribution is -2.44. The molecule has 0 aliphatic carbocycles. The van der Waals surface area contributed by atoms with Crippen molar-refractivity contribution in [2.45, 2.75) is 30.5 Å². The van der Waals surface area contributed by atoms with Gasteiger partial charge in [0, 0.05) is 6.54 Å². The fourth-order valence-corrected chi connectivity index (χ4v) is 4.42. The average molecular weight is 355 g/mol. The molecule has 1 rings (SSSR count). The van der Waals surface area contributed by atoms with E-state index in [2.05, 4.69) is 26.0 Å². The summed E-state index contributed by atoms with van der Waals surface area (Å²) >= 11 is 4.30. The minimum Gasteiger partial charge on any atom is -0.355 e. The van der Waals surface area contributed by atoms with Crippen LogP contribution in [0.25, 0.3) is 0 Å². The lowest BCUT2D eigenvalue weighted by molar-refractivity contribution is -0.122. The van der Waals surface area contributed by atoms with Gasteiger partial charge in [-0.05, 0) is 41.4 Å². The van der Waals surface area contributed by atoms with Crippen LogP contribution in [0.5, 0.6) is 0 Å². The minimum absolute atomic E-state index is 0.185. The number of rotatable bonds is 6. The van der Waals surface area contributed by atoms with Gasteiger partial charge >= 0.3 is 0 Å². The summed E-state index contributed by atoms with van der Waals surface area (Å²) in [5, 5.41) is 2.64. The highest BCUT2D eigenvalue weighted by atomic mass is 79.9. The average Bonchev–Trinajstić information content (AvgIpc) is 2.72. The van der Waals surface area contributed by atoms with Crippen molar-refractivity contribution in [3.05, 3.63) is 15.9 Å². The molecule has 0 bridgehead atoms. The molecule has 0 radical (unpaired) electrons. The number of sulfonamides is 1. The maximum Gasteiger partial charge on any atom is 0.250 e.